The summed E-state index contributed by atoms with van der Waals surface area (Å²) in [6.45, 7) is 6.65. The molecule has 6 nitrogen and oxygen atoms in total. The van der Waals surface area contributed by atoms with E-state index in [0.29, 0.717) is 19.3 Å². The Morgan fingerprint density at radius 2 is 0.500 bits per heavy atom. The first-order valence-electron chi connectivity index (χ1n) is 30.3. The lowest BCUT2D eigenvalue weighted by Gasteiger charge is -2.18. The third-order valence-electron chi connectivity index (χ3n) is 13.7. The largest absolute Gasteiger partial charge is 0.462 e. The molecule has 0 N–H and O–H groups in total. The first kappa shape index (κ1) is 65.9. The molecule has 1 atom stereocenters. The quantitative estimate of drug-likeness (QED) is 0.0262. The van der Waals surface area contributed by atoms with Crippen LogP contribution in [0.4, 0.5) is 0 Å². The van der Waals surface area contributed by atoms with Crippen molar-refractivity contribution in [1.82, 2.24) is 0 Å². The maximum atomic E-state index is 12.9. The number of hydrogen-bond donors (Lipinski definition) is 0. The first-order chi connectivity index (χ1) is 33.5. The molecule has 0 saturated carbocycles. The van der Waals surface area contributed by atoms with Crippen LogP contribution < -0.4 is 0 Å². The molecule has 0 aliphatic carbocycles. The van der Waals surface area contributed by atoms with Crippen molar-refractivity contribution in [2.45, 2.75) is 341 Å². The standard InChI is InChI=1S/C62H116O6/c1-4-7-10-13-16-19-22-24-26-28-29-30-31-32-33-34-36-37-40-43-46-49-52-55-61(64)67-58-59(57-66-60(63)54-51-48-45-42-39-21-18-15-12-9-6-3)68-62(65)56-53-50-47-44-41-38-35-27-25-23-20-17-14-11-8-5-2/h15,18,28-29,59H,4-14,16-17,19-27,30-58H2,1-3H3/b18-15-,29-28-. The molecule has 0 saturated heterocycles. The highest BCUT2D eigenvalue weighted by Gasteiger charge is 2.19. The lowest BCUT2D eigenvalue weighted by Crippen LogP contribution is -2.30. The van der Waals surface area contributed by atoms with Crippen LogP contribution in [-0.2, 0) is 28.6 Å². The second-order valence-electron chi connectivity index (χ2n) is 20.6. The molecule has 0 aromatic rings. The van der Waals surface area contributed by atoms with Crippen molar-refractivity contribution in [2.24, 2.45) is 0 Å². The van der Waals surface area contributed by atoms with E-state index < -0.39 is 6.10 Å². The Kier molecular flexibility index (Phi) is 55.7. The number of carbonyl (C=O) groups is 3. The summed E-state index contributed by atoms with van der Waals surface area (Å²) in [4.78, 5) is 38.1. The zero-order chi connectivity index (χ0) is 49.3. The number of carbonyl (C=O) groups excluding carboxylic acids is 3. The van der Waals surface area contributed by atoms with E-state index in [2.05, 4.69) is 45.1 Å². The summed E-state index contributed by atoms with van der Waals surface area (Å²) in [5, 5.41) is 0. The SMILES string of the molecule is CCCC/C=C\CCCCCCCC(=O)OCC(COC(=O)CCCCCCCCCCCCC/C=C\CCCCCCCCCC)OC(=O)CCCCCCCCCCCCCCCCCC. The molecule has 0 aliphatic heterocycles. The number of allylic oxidation sites excluding steroid dienone is 4. The number of esters is 3. The van der Waals surface area contributed by atoms with Gasteiger partial charge in [0.25, 0.3) is 0 Å². The van der Waals surface area contributed by atoms with Gasteiger partial charge in [-0.05, 0) is 64.2 Å². The van der Waals surface area contributed by atoms with Crippen molar-refractivity contribution in [3.63, 3.8) is 0 Å². The van der Waals surface area contributed by atoms with Gasteiger partial charge in [-0.15, -0.1) is 0 Å². The second-order valence-corrected chi connectivity index (χ2v) is 20.6. The molecule has 0 fully saturated rings. The summed E-state index contributed by atoms with van der Waals surface area (Å²) >= 11 is 0. The van der Waals surface area contributed by atoms with E-state index in [-0.39, 0.29) is 31.1 Å². The molecule has 6 heteroatoms. The van der Waals surface area contributed by atoms with Crippen molar-refractivity contribution < 1.29 is 28.6 Å². The number of hydrogen-bond acceptors (Lipinski definition) is 6. The minimum absolute atomic E-state index is 0.0697. The molecule has 0 rings (SSSR count). The Morgan fingerprint density at radius 1 is 0.279 bits per heavy atom. The Balaban J connectivity index is 4.22. The van der Waals surface area contributed by atoms with Crippen molar-refractivity contribution >= 4 is 17.9 Å². The fraction of sp³-hybridized carbons (Fsp3) is 0.887. The Labute approximate surface area is 423 Å². The molecule has 68 heavy (non-hydrogen) atoms. The minimum atomic E-state index is -0.770. The van der Waals surface area contributed by atoms with Crippen molar-refractivity contribution in [2.75, 3.05) is 13.2 Å². The highest BCUT2D eigenvalue weighted by molar-refractivity contribution is 5.71. The maximum absolute atomic E-state index is 12.9. The zero-order valence-corrected chi connectivity index (χ0v) is 45.9. The van der Waals surface area contributed by atoms with Crippen LogP contribution in [0.15, 0.2) is 24.3 Å². The normalized spacial score (nSPS) is 12.1. The monoisotopic (exact) mass is 957 g/mol. The molecule has 0 spiro atoms. The number of ether oxygens (including phenoxy) is 3. The average molecular weight is 958 g/mol. The van der Waals surface area contributed by atoms with Gasteiger partial charge in [-0.2, -0.15) is 0 Å². The molecule has 0 heterocycles. The van der Waals surface area contributed by atoms with Crippen LogP contribution in [0.1, 0.15) is 335 Å². The van der Waals surface area contributed by atoms with E-state index in [4.69, 9.17) is 14.2 Å². The summed E-state index contributed by atoms with van der Waals surface area (Å²) in [5.41, 5.74) is 0. The minimum Gasteiger partial charge on any atom is -0.462 e. The Hall–Kier alpha value is -2.11. The summed E-state index contributed by atoms with van der Waals surface area (Å²) in [6, 6.07) is 0. The van der Waals surface area contributed by atoms with Crippen LogP contribution in [0.25, 0.3) is 0 Å². The van der Waals surface area contributed by atoms with Crippen LogP contribution >= 0.6 is 0 Å². The van der Waals surface area contributed by atoms with Crippen LogP contribution in [0.3, 0.4) is 0 Å². The van der Waals surface area contributed by atoms with Gasteiger partial charge in [0.1, 0.15) is 13.2 Å². The second kappa shape index (κ2) is 57.5. The van der Waals surface area contributed by atoms with Crippen molar-refractivity contribution in [3.05, 3.63) is 24.3 Å². The molecule has 0 aromatic heterocycles. The van der Waals surface area contributed by atoms with Gasteiger partial charge in [0.15, 0.2) is 6.10 Å². The lowest BCUT2D eigenvalue weighted by atomic mass is 10.0. The van der Waals surface area contributed by atoms with Gasteiger partial charge in [0, 0.05) is 19.3 Å². The number of unbranched alkanes of at least 4 members (excludes halogenated alkanes) is 41. The molecule has 400 valence electrons. The van der Waals surface area contributed by atoms with E-state index in [0.717, 1.165) is 64.2 Å². The third-order valence-corrected chi connectivity index (χ3v) is 13.7. The van der Waals surface area contributed by atoms with Crippen LogP contribution in [0.5, 0.6) is 0 Å². The predicted octanol–water partition coefficient (Wildman–Crippen LogP) is 20.3. The molecular formula is C62H116O6. The predicted molar refractivity (Wildman–Crippen MR) is 293 cm³/mol. The maximum Gasteiger partial charge on any atom is 0.306 e. The van der Waals surface area contributed by atoms with Gasteiger partial charge in [-0.3, -0.25) is 14.4 Å². The highest BCUT2D eigenvalue weighted by atomic mass is 16.6. The van der Waals surface area contributed by atoms with Gasteiger partial charge < -0.3 is 14.2 Å². The Morgan fingerprint density at radius 3 is 0.779 bits per heavy atom. The molecule has 0 aromatic carbocycles. The highest BCUT2D eigenvalue weighted by Crippen LogP contribution is 2.17. The Bertz CT molecular complexity index is 1100. The van der Waals surface area contributed by atoms with Gasteiger partial charge in [0.2, 0.25) is 0 Å². The zero-order valence-electron chi connectivity index (χ0n) is 45.9. The van der Waals surface area contributed by atoms with Crippen LogP contribution in [0.2, 0.25) is 0 Å². The van der Waals surface area contributed by atoms with Gasteiger partial charge in [-0.25, -0.2) is 0 Å². The average Bonchev–Trinajstić information content (AvgIpc) is 3.34. The van der Waals surface area contributed by atoms with E-state index in [1.165, 1.54) is 231 Å². The van der Waals surface area contributed by atoms with Gasteiger partial charge in [-0.1, -0.05) is 276 Å². The third kappa shape index (κ3) is 54.8. The molecular weight excluding hydrogens is 841 g/mol. The molecule has 0 bridgehead atoms. The molecule has 0 radical (unpaired) electrons. The number of rotatable bonds is 56. The molecule has 0 amide bonds. The molecule has 1 unspecified atom stereocenters. The fourth-order valence-electron chi connectivity index (χ4n) is 9.07. The van der Waals surface area contributed by atoms with Crippen LogP contribution in [0, 0.1) is 0 Å². The van der Waals surface area contributed by atoms with Crippen molar-refractivity contribution in [3.8, 4) is 0 Å². The lowest BCUT2D eigenvalue weighted by molar-refractivity contribution is -0.167. The van der Waals surface area contributed by atoms with E-state index in [1.54, 1.807) is 0 Å². The van der Waals surface area contributed by atoms with E-state index in [9.17, 15) is 14.4 Å². The summed E-state index contributed by atoms with van der Waals surface area (Å²) in [5.74, 6) is -0.859. The first-order valence-corrected chi connectivity index (χ1v) is 30.3. The van der Waals surface area contributed by atoms with E-state index in [1.807, 2.05) is 0 Å². The topological polar surface area (TPSA) is 78.9 Å². The smallest absolute Gasteiger partial charge is 0.306 e. The van der Waals surface area contributed by atoms with Gasteiger partial charge in [0.05, 0.1) is 0 Å². The summed E-state index contributed by atoms with van der Waals surface area (Å²) < 4.78 is 16.9. The van der Waals surface area contributed by atoms with Crippen LogP contribution in [-0.4, -0.2) is 37.2 Å². The van der Waals surface area contributed by atoms with Crippen molar-refractivity contribution in [1.29, 1.82) is 0 Å². The van der Waals surface area contributed by atoms with E-state index >= 15 is 0 Å². The molecule has 0 aliphatic rings. The fourth-order valence-corrected chi connectivity index (χ4v) is 9.07. The summed E-state index contributed by atoms with van der Waals surface area (Å²) in [6.07, 6.45) is 67.5. The van der Waals surface area contributed by atoms with Gasteiger partial charge >= 0.3 is 17.9 Å². The summed E-state index contributed by atoms with van der Waals surface area (Å²) in [7, 11) is 0.